The Balaban J connectivity index is 1.69. The Bertz CT molecular complexity index is 826. The molecule has 1 spiro atoms. The molecule has 2 aromatic rings. The van der Waals surface area contributed by atoms with E-state index in [-0.39, 0.29) is 5.78 Å². The Morgan fingerprint density at radius 2 is 1.91 bits per heavy atom. The fourth-order valence-electron chi connectivity index (χ4n) is 3.00. The van der Waals surface area contributed by atoms with Gasteiger partial charge in [0.2, 0.25) is 0 Å². The second-order valence-electron chi connectivity index (χ2n) is 5.65. The second kappa shape index (κ2) is 4.84. The predicted molar refractivity (Wildman–Crippen MR) is 80.8 cm³/mol. The molecule has 2 aromatic carbocycles. The van der Waals surface area contributed by atoms with Gasteiger partial charge in [-0.05, 0) is 30.2 Å². The Morgan fingerprint density at radius 1 is 1.13 bits per heavy atom. The quantitative estimate of drug-likeness (QED) is 0.598. The minimum Gasteiger partial charge on any atom is -0.445 e. The van der Waals surface area contributed by atoms with Gasteiger partial charge in [-0.2, -0.15) is 0 Å². The highest BCUT2D eigenvalue weighted by Crippen LogP contribution is 2.43. The summed E-state index contributed by atoms with van der Waals surface area (Å²) < 4.78 is 16.9. The second-order valence-corrected chi connectivity index (χ2v) is 5.65. The zero-order chi connectivity index (χ0) is 16.0. The molecular formula is C18H14O5. The molecule has 5 nitrogen and oxygen atoms in total. The number of esters is 1. The van der Waals surface area contributed by atoms with E-state index in [2.05, 4.69) is 0 Å². The number of aryl methyl sites for hydroxylation is 1. The van der Waals surface area contributed by atoms with E-state index in [1.54, 1.807) is 30.3 Å². The zero-order valence-electron chi connectivity index (χ0n) is 12.5. The van der Waals surface area contributed by atoms with Crippen molar-refractivity contribution in [2.75, 3.05) is 0 Å². The smallest absolute Gasteiger partial charge is 0.316 e. The van der Waals surface area contributed by atoms with E-state index in [0.29, 0.717) is 35.7 Å². The predicted octanol–water partition coefficient (Wildman–Crippen LogP) is 2.91. The maximum atomic E-state index is 12.7. The lowest BCUT2D eigenvalue weighted by atomic mass is 9.95. The van der Waals surface area contributed by atoms with Gasteiger partial charge in [-0.3, -0.25) is 9.59 Å². The van der Waals surface area contributed by atoms with Crippen LogP contribution in [0.5, 0.6) is 17.2 Å². The highest BCUT2D eigenvalue weighted by molar-refractivity contribution is 6.06. The number of para-hydroxylation sites is 1. The maximum absolute atomic E-state index is 12.7. The molecule has 0 fully saturated rings. The van der Waals surface area contributed by atoms with Crippen LogP contribution in [0.4, 0.5) is 0 Å². The van der Waals surface area contributed by atoms with E-state index in [9.17, 15) is 9.59 Å². The average molecular weight is 310 g/mol. The molecule has 0 radical (unpaired) electrons. The molecule has 2 aliphatic rings. The van der Waals surface area contributed by atoms with E-state index in [0.717, 1.165) is 5.56 Å². The van der Waals surface area contributed by atoms with E-state index in [4.69, 9.17) is 14.2 Å². The van der Waals surface area contributed by atoms with Crippen LogP contribution in [0.25, 0.3) is 0 Å². The summed E-state index contributed by atoms with van der Waals surface area (Å²) in [6.07, 6.45) is 1.09. The molecule has 0 N–H and O–H groups in total. The van der Waals surface area contributed by atoms with Crippen molar-refractivity contribution >= 4 is 11.8 Å². The molecule has 0 saturated heterocycles. The van der Waals surface area contributed by atoms with Crippen LogP contribution in [-0.2, 0) is 11.2 Å². The van der Waals surface area contributed by atoms with Crippen molar-refractivity contribution in [2.24, 2.45) is 0 Å². The minimum atomic E-state index is -1.31. The van der Waals surface area contributed by atoms with Crippen LogP contribution in [-0.4, -0.2) is 17.5 Å². The highest BCUT2D eigenvalue weighted by atomic mass is 16.7. The lowest BCUT2D eigenvalue weighted by molar-refractivity contribution is -0.131. The number of carbonyl (C=O) groups excluding carboxylic acids is 2. The molecule has 5 heteroatoms. The van der Waals surface area contributed by atoms with Crippen molar-refractivity contribution in [1.82, 2.24) is 0 Å². The van der Waals surface area contributed by atoms with E-state index in [1.165, 1.54) is 6.92 Å². The van der Waals surface area contributed by atoms with Crippen LogP contribution >= 0.6 is 0 Å². The lowest BCUT2D eigenvalue weighted by Crippen LogP contribution is -2.48. The van der Waals surface area contributed by atoms with Crippen LogP contribution in [0.3, 0.4) is 0 Å². The largest absolute Gasteiger partial charge is 0.445 e. The number of rotatable bonds is 1. The van der Waals surface area contributed by atoms with Gasteiger partial charge >= 0.3 is 11.8 Å². The number of hydrogen-bond donors (Lipinski definition) is 0. The van der Waals surface area contributed by atoms with Crippen LogP contribution < -0.4 is 14.2 Å². The van der Waals surface area contributed by atoms with Gasteiger partial charge in [0, 0.05) is 19.4 Å². The van der Waals surface area contributed by atoms with Crippen molar-refractivity contribution in [3.8, 4) is 17.2 Å². The SMILES string of the molecule is CC(=O)Oc1ccc2c(c1)OC1(CC2)Oc2ccccc2C1=O. The summed E-state index contributed by atoms with van der Waals surface area (Å²) in [5.41, 5.74) is 1.49. The Kier molecular flexibility index (Phi) is 2.91. The van der Waals surface area contributed by atoms with Crippen LogP contribution in [0.15, 0.2) is 42.5 Å². The molecule has 1 atom stereocenters. The summed E-state index contributed by atoms with van der Waals surface area (Å²) >= 11 is 0. The van der Waals surface area contributed by atoms with Crippen LogP contribution in [0.2, 0.25) is 0 Å². The Labute approximate surface area is 132 Å². The third kappa shape index (κ3) is 2.16. The number of hydrogen-bond acceptors (Lipinski definition) is 5. The first-order valence-electron chi connectivity index (χ1n) is 7.41. The molecule has 1 unspecified atom stereocenters. The monoisotopic (exact) mass is 310 g/mol. The molecule has 2 heterocycles. The van der Waals surface area contributed by atoms with E-state index in [1.807, 2.05) is 12.1 Å². The third-order valence-corrected chi connectivity index (χ3v) is 4.05. The molecule has 2 aliphatic heterocycles. The first kappa shape index (κ1) is 13.8. The van der Waals surface area contributed by atoms with Crippen molar-refractivity contribution in [1.29, 1.82) is 0 Å². The number of fused-ring (bicyclic) bond motifs is 2. The first-order chi connectivity index (χ1) is 11.1. The zero-order valence-corrected chi connectivity index (χ0v) is 12.5. The first-order valence-corrected chi connectivity index (χ1v) is 7.41. The molecule has 0 aromatic heterocycles. The number of carbonyl (C=O) groups is 2. The topological polar surface area (TPSA) is 61.8 Å². The third-order valence-electron chi connectivity index (χ3n) is 4.05. The van der Waals surface area contributed by atoms with Gasteiger partial charge < -0.3 is 14.2 Å². The summed E-state index contributed by atoms with van der Waals surface area (Å²) in [7, 11) is 0. The Hall–Kier alpha value is -2.82. The van der Waals surface area contributed by atoms with Gasteiger partial charge in [0.25, 0.3) is 5.78 Å². The highest BCUT2D eigenvalue weighted by Gasteiger charge is 2.52. The van der Waals surface area contributed by atoms with Gasteiger partial charge in [-0.1, -0.05) is 18.2 Å². The molecule has 0 amide bonds. The van der Waals surface area contributed by atoms with Crippen LogP contribution in [0.1, 0.15) is 29.3 Å². The van der Waals surface area contributed by atoms with Crippen LogP contribution in [0, 0.1) is 0 Å². The fourth-order valence-corrected chi connectivity index (χ4v) is 3.00. The lowest BCUT2D eigenvalue weighted by Gasteiger charge is -2.33. The van der Waals surface area contributed by atoms with Crippen molar-refractivity contribution in [3.05, 3.63) is 53.6 Å². The summed E-state index contributed by atoms with van der Waals surface area (Å²) in [5.74, 6) is -0.455. The molecule has 0 aliphatic carbocycles. The minimum absolute atomic E-state index is 0.170. The Morgan fingerprint density at radius 3 is 2.70 bits per heavy atom. The van der Waals surface area contributed by atoms with E-state index >= 15 is 0 Å². The maximum Gasteiger partial charge on any atom is 0.316 e. The van der Waals surface area contributed by atoms with Gasteiger partial charge in [-0.25, -0.2) is 0 Å². The number of ketones is 1. The van der Waals surface area contributed by atoms with Gasteiger partial charge in [0.15, 0.2) is 0 Å². The number of benzene rings is 2. The molecular weight excluding hydrogens is 296 g/mol. The van der Waals surface area contributed by atoms with Crippen molar-refractivity contribution in [3.63, 3.8) is 0 Å². The summed E-state index contributed by atoms with van der Waals surface area (Å²) in [6.45, 7) is 1.34. The van der Waals surface area contributed by atoms with E-state index < -0.39 is 11.8 Å². The molecule has 0 bridgehead atoms. The van der Waals surface area contributed by atoms with Crippen molar-refractivity contribution in [2.45, 2.75) is 25.6 Å². The van der Waals surface area contributed by atoms with Gasteiger partial charge in [0.1, 0.15) is 17.2 Å². The standard InChI is InChI=1S/C18H14O5/c1-11(19)21-13-7-6-12-8-9-18(23-16(12)10-13)17(20)14-4-2-3-5-15(14)22-18/h2-7,10H,8-9H2,1H3. The van der Waals surface area contributed by atoms with Crippen molar-refractivity contribution < 1.29 is 23.8 Å². The summed E-state index contributed by atoms with van der Waals surface area (Å²) in [4.78, 5) is 23.8. The van der Waals surface area contributed by atoms with Gasteiger partial charge in [0.05, 0.1) is 5.56 Å². The van der Waals surface area contributed by atoms with Gasteiger partial charge in [-0.15, -0.1) is 0 Å². The number of ether oxygens (including phenoxy) is 3. The summed E-state index contributed by atoms with van der Waals surface area (Å²) in [6, 6.07) is 12.3. The molecule has 23 heavy (non-hydrogen) atoms. The summed E-state index contributed by atoms with van der Waals surface area (Å²) in [5, 5.41) is 0. The molecule has 0 saturated carbocycles. The average Bonchev–Trinajstić information content (AvgIpc) is 2.79. The number of Topliss-reactive ketones (excluding diaryl/α,β-unsaturated/α-hetero) is 1. The molecule has 116 valence electrons. The normalized spacial score (nSPS) is 21.2. The molecule has 4 rings (SSSR count). The fraction of sp³-hybridized carbons (Fsp3) is 0.222.